The minimum absolute atomic E-state index is 0.593. The van der Waals surface area contributed by atoms with Crippen LogP contribution in [-0.4, -0.2) is 12.6 Å². The normalized spacial score (nSPS) is 12.5. The third-order valence-electron chi connectivity index (χ3n) is 1.66. The molecule has 0 aliphatic heterocycles. The molecule has 0 fully saturated rings. The number of allylic oxidation sites excluding steroid dienone is 1. The summed E-state index contributed by atoms with van der Waals surface area (Å²) in [6.45, 7) is 10.6. The summed E-state index contributed by atoms with van der Waals surface area (Å²) in [5.41, 5.74) is 0. The third kappa shape index (κ3) is 5.86. The highest BCUT2D eigenvalue weighted by Gasteiger charge is 2.01. The molecule has 0 spiro atoms. The van der Waals surface area contributed by atoms with Gasteiger partial charge in [-0.25, -0.2) is 0 Å². The molecule has 1 nitrogen and oxygen atoms in total. The highest BCUT2D eigenvalue weighted by atomic mass is 14.9. The lowest BCUT2D eigenvalue weighted by molar-refractivity contribution is 0.502. The molecule has 0 rings (SSSR count). The Labute approximate surface area is 70.2 Å². The lowest BCUT2D eigenvalue weighted by Gasteiger charge is -2.14. The molecule has 0 aliphatic rings. The molecule has 0 saturated heterocycles. The first-order valence-corrected chi connectivity index (χ1v) is 4.30. The molecule has 0 bridgehead atoms. The van der Waals surface area contributed by atoms with Crippen molar-refractivity contribution in [1.29, 1.82) is 0 Å². The van der Waals surface area contributed by atoms with Crippen molar-refractivity contribution in [1.82, 2.24) is 5.32 Å². The number of hydrogen-bond donors (Lipinski definition) is 1. The molecule has 1 N–H and O–H groups in total. The van der Waals surface area contributed by atoms with E-state index in [1.807, 2.05) is 12.2 Å². The van der Waals surface area contributed by atoms with Gasteiger partial charge in [0.15, 0.2) is 0 Å². The molecule has 0 heterocycles. The molecule has 1 unspecified atom stereocenters. The minimum atomic E-state index is 0.593. The molecular formula is C10H19N. The van der Waals surface area contributed by atoms with Crippen LogP contribution in [0.1, 0.15) is 26.2 Å². The summed E-state index contributed by atoms with van der Waals surface area (Å²) < 4.78 is 0. The van der Waals surface area contributed by atoms with Crippen LogP contribution < -0.4 is 5.32 Å². The summed E-state index contributed by atoms with van der Waals surface area (Å²) >= 11 is 0. The predicted octanol–water partition coefficient (Wildman–Crippen LogP) is 2.51. The van der Waals surface area contributed by atoms with E-state index >= 15 is 0 Å². The van der Waals surface area contributed by atoms with Gasteiger partial charge in [0.05, 0.1) is 0 Å². The van der Waals surface area contributed by atoms with Gasteiger partial charge in [-0.1, -0.05) is 19.1 Å². The topological polar surface area (TPSA) is 12.0 Å². The van der Waals surface area contributed by atoms with Gasteiger partial charge in [0, 0.05) is 6.04 Å². The molecule has 0 aromatic heterocycles. The van der Waals surface area contributed by atoms with Gasteiger partial charge < -0.3 is 5.32 Å². The van der Waals surface area contributed by atoms with E-state index in [9.17, 15) is 0 Å². The van der Waals surface area contributed by atoms with Crippen LogP contribution in [0.25, 0.3) is 0 Å². The maximum absolute atomic E-state index is 3.72. The Kier molecular flexibility index (Phi) is 7.16. The third-order valence-corrected chi connectivity index (χ3v) is 1.66. The molecule has 1 heteroatoms. The Morgan fingerprint density at radius 1 is 1.36 bits per heavy atom. The first-order chi connectivity index (χ1) is 5.35. The van der Waals surface area contributed by atoms with Crippen LogP contribution in [0.15, 0.2) is 25.3 Å². The minimum Gasteiger partial charge on any atom is -0.314 e. The second kappa shape index (κ2) is 7.55. The SMILES string of the molecule is C=CCCC(CC=C)NCC. The first kappa shape index (κ1) is 10.4. The smallest absolute Gasteiger partial charge is 0.0104 e. The lowest BCUT2D eigenvalue weighted by Crippen LogP contribution is -2.27. The van der Waals surface area contributed by atoms with Crippen molar-refractivity contribution in [3.05, 3.63) is 25.3 Å². The van der Waals surface area contributed by atoms with E-state index in [0.29, 0.717) is 6.04 Å². The predicted molar refractivity (Wildman–Crippen MR) is 51.7 cm³/mol. The van der Waals surface area contributed by atoms with E-state index in [1.165, 1.54) is 6.42 Å². The second-order valence-electron chi connectivity index (χ2n) is 2.65. The number of rotatable bonds is 7. The molecule has 11 heavy (non-hydrogen) atoms. The van der Waals surface area contributed by atoms with Crippen molar-refractivity contribution in [2.24, 2.45) is 0 Å². The van der Waals surface area contributed by atoms with Crippen LogP contribution in [0.3, 0.4) is 0 Å². The van der Waals surface area contributed by atoms with E-state index in [0.717, 1.165) is 19.4 Å². The highest BCUT2D eigenvalue weighted by molar-refractivity contribution is 4.80. The monoisotopic (exact) mass is 153 g/mol. The standard InChI is InChI=1S/C10H19N/c1-4-7-9-10(8-5-2)11-6-3/h4-5,10-11H,1-2,6-9H2,3H3. The van der Waals surface area contributed by atoms with Crippen LogP contribution in [0.2, 0.25) is 0 Å². The van der Waals surface area contributed by atoms with Gasteiger partial charge in [-0.15, -0.1) is 13.2 Å². The quantitative estimate of drug-likeness (QED) is 0.554. The Bertz CT molecular complexity index is 107. The van der Waals surface area contributed by atoms with Crippen LogP contribution in [-0.2, 0) is 0 Å². The summed E-state index contributed by atoms with van der Waals surface area (Å²) in [6, 6.07) is 0.593. The Balaban J connectivity index is 3.49. The van der Waals surface area contributed by atoms with Gasteiger partial charge in [-0.05, 0) is 25.8 Å². The van der Waals surface area contributed by atoms with Gasteiger partial charge >= 0.3 is 0 Å². The zero-order valence-corrected chi connectivity index (χ0v) is 7.47. The molecule has 0 aliphatic carbocycles. The molecule has 0 saturated carbocycles. The fraction of sp³-hybridized carbons (Fsp3) is 0.600. The largest absolute Gasteiger partial charge is 0.314 e. The maximum Gasteiger partial charge on any atom is 0.0104 e. The van der Waals surface area contributed by atoms with Crippen LogP contribution in [0.4, 0.5) is 0 Å². The van der Waals surface area contributed by atoms with Crippen molar-refractivity contribution in [3.8, 4) is 0 Å². The number of hydrogen-bond acceptors (Lipinski definition) is 1. The zero-order chi connectivity index (χ0) is 8.53. The summed E-state index contributed by atoms with van der Waals surface area (Å²) in [6.07, 6.45) is 7.25. The van der Waals surface area contributed by atoms with Crippen molar-refractivity contribution in [2.45, 2.75) is 32.2 Å². The average molecular weight is 153 g/mol. The van der Waals surface area contributed by atoms with Gasteiger partial charge in [-0.3, -0.25) is 0 Å². The van der Waals surface area contributed by atoms with E-state index < -0.39 is 0 Å². The van der Waals surface area contributed by atoms with Crippen molar-refractivity contribution in [3.63, 3.8) is 0 Å². The molecule has 0 aromatic carbocycles. The molecule has 1 atom stereocenters. The fourth-order valence-electron chi connectivity index (χ4n) is 1.11. The van der Waals surface area contributed by atoms with Gasteiger partial charge in [0.2, 0.25) is 0 Å². The highest BCUT2D eigenvalue weighted by Crippen LogP contribution is 2.02. The van der Waals surface area contributed by atoms with Gasteiger partial charge in [0.25, 0.3) is 0 Å². The van der Waals surface area contributed by atoms with E-state index in [1.54, 1.807) is 0 Å². The second-order valence-corrected chi connectivity index (χ2v) is 2.65. The lowest BCUT2D eigenvalue weighted by atomic mass is 10.1. The van der Waals surface area contributed by atoms with Crippen molar-refractivity contribution < 1.29 is 0 Å². The summed E-state index contributed by atoms with van der Waals surface area (Å²) in [5, 5.41) is 3.40. The molecule has 64 valence electrons. The summed E-state index contributed by atoms with van der Waals surface area (Å²) in [4.78, 5) is 0. The summed E-state index contributed by atoms with van der Waals surface area (Å²) in [5.74, 6) is 0. The maximum atomic E-state index is 3.72. The van der Waals surface area contributed by atoms with Crippen molar-refractivity contribution >= 4 is 0 Å². The zero-order valence-electron chi connectivity index (χ0n) is 7.47. The molecule has 0 radical (unpaired) electrons. The Morgan fingerprint density at radius 3 is 2.55 bits per heavy atom. The molecular weight excluding hydrogens is 134 g/mol. The fourth-order valence-corrected chi connectivity index (χ4v) is 1.11. The van der Waals surface area contributed by atoms with Crippen LogP contribution in [0.5, 0.6) is 0 Å². The average Bonchev–Trinajstić information content (AvgIpc) is 2.01. The number of nitrogens with one attached hydrogen (secondary N) is 1. The van der Waals surface area contributed by atoms with Crippen LogP contribution in [0, 0.1) is 0 Å². The summed E-state index contributed by atoms with van der Waals surface area (Å²) in [7, 11) is 0. The molecule has 0 amide bonds. The van der Waals surface area contributed by atoms with E-state index in [2.05, 4.69) is 25.4 Å². The molecule has 0 aromatic rings. The van der Waals surface area contributed by atoms with Crippen LogP contribution >= 0.6 is 0 Å². The van der Waals surface area contributed by atoms with Crippen molar-refractivity contribution in [2.75, 3.05) is 6.54 Å². The Morgan fingerprint density at radius 2 is 2.09 bits per heavy atom. The van der Waals surface area contributed by atoms with E-state index in [-0.39, 0.29) is 0 Å². The van der Waals surface area contributed by atoms with Gasteiger partial charge in [0.1, 0.15) is 0 Å². The van der Waals surface area contributed by atoms with Gasteiger partial charge in [-0.2, -0.15) is 0 Å². The van der Waals surface area contributed by atoms with E-state index in [4.69, 9.17) is 0 Å². The first-order valence-electron chi connectivity index (χ1n) is 4.30. The Hall–Kier alpha value is -0.560.